The van der Waals surface area contributed by atoms with E-state index in [2.05, 4.69) is 20.9 Å². The van der Waals surface area contributed by atoms with E-state index < -0.39 is 29.0 Å². The minimum absolute atomic E-state index is 0.0672. The Hall–Kier alpha value is -2.09. The molecule has 0 atom stereocenters. The number of imidazole rings is 1. The van der Waals surface area contributed by atoms with Gasteiger partial charge >= 0.3 is 0 Å². The van der Waals surface area contributed by atoms with Crippen LogP contribution in [0.2, 0.25) is 0 Å². The molecule has 0 unspecified atom stereocenters. The highest BCUT2D eigenvalue weighted by Gasteiger charge is 2.20. The lowest BCUT2D eigenvalue weighted by Gasteiger charge is -2.09. The number of nitrogens with zero attached hydrogens (tertiary/aromatic N) is 2. The molecule has 0 aliphatic carbocycles. The average molecular weight is 360 g/mol. The molecule has 0 aliphatic heterocycles. The van der Waals surface area contributed by atoms with Gasteiger partial charge in [-0.05, 0) is 22.0 Å². The number of hydrogen-bond donors (Lipinski definition) is 1. The Morgan fingerprint density at radius 2 is 1.57 bits per heavy atom. The van der Waals surface area contributed by atoms with Crippen molar-refractivity contribution in [2.24, 2.45) is 0 Å². The fourth-order valence-corrected chi connectivity index (χ4v) is 2.41. The van der Waals surface area contributed by atoms with Crippen LogP contribution < -0.4 is 5.73 Å². The van der Waals surface area contributed by atoms with Crippen LogP contribution >= 0.6 is 15.9 Å². The van der Waals surface area contributed by atoms with Crippen LogP contribution in [0, 0.1) is 23.3 Å². The molecule has 0 aliphatic rings. The van der Waals surface area contributed by atoms with E-state index in [0.717, 1.165) is 10.6 Å². The summed E-state index contributed by atoms with van der Waals surface area (Å²) in [7, 11) is 0. The van der Waals surface area contributed by atoms with Gasteiger partial charge in [0, 0.05) is 18.2 Å². The Kier molecular flexibility index (Phi) is 3.12. The number of nitrogens with two attached hydrogens (primary N) is 1. The molecule has 108 valence electrons. The average Bonchev–Trinajstić information content (AvgIpc) is 2.66. The first kappa shape index (κ1) is 13.9. The normalized spacial score (nSPS) is 11.3. The molecule has 1 heterocycles. The molecule has 3 rings (SSSR count). The molecule has 0 spiro atoms. The van der Waals surface area contributed by atoms with Crippen LogP contribution in [0.1, 0.15) is 0 Å². The van der Waals surface area contributed by atoms with Crippen molar-refractivity contribution in [1.29, 1.82) is 0 Å². The van der Waals surface area contributed by atoms with Crippen molar-refractivity contribution in [3.63, 3.8) is 0 Å². The summed E-state index contributed by atoms with van der Waals surface area (Å²) in [5, 5.41) is 0. The van der Waals surface area contributed by atoms with Crippen molar-refractivity contribution in [2.45, 2.75) is 0 Å². The molecule has 3 aromatic rings. The van der Waals surface area contributed by atoms with E-state index in [1.807, 2.05) is 0 Å². The highest BCUT2D eigenvalue weighted by Crippen LogP contribution is 2.30. The first-order chi connectivity index (χ1) is 9.88. The fourth-order valence-electron chi connectivity index (χ4n) is 2.07. The molecule has 8 heteroatoms. The van der Waals surface area contributed by atoms with Gasteiger partial charge in [0.2, 0.25) is 5.95 Å². The molecule has 2 aromatic carbocycles. The Morgan fingerprint density at radius 1 is 0.952 bits per heavy atom. The third-order valence-electron chi connectivity index (χ3n) is 2.93. The second kappa shape index (κ2) is 4.73. The largest absolute Gasteiger partial charge is 0.369 e. The topological polar surface area (TPSA) is 43.8 Å². The number of aromatic nitrogens is 2. The summed E-state index contributed by atoms with van der Waals surface area (Å²) in [6.45, 7) is 0. The minimum atomic E-state index is -1.16. The van der Waals surface area contributed by atoms with Crippen LogP contribution in [-0.4, -0.2) is 9.55 Å². The predicted molar refractivity (Wildman–Crippen MR) is 73.0 cm³/mol. The molecule has 0 saturated heterocycles. The molecule has 0 radical (unpaired) electrons. The highest BCUT2D eigenvalue weighted by molar-refractivity contribution is 9.10. The van der Waals surface area contributed by atoms with E-state index in [4.69, 9.17) is 5.73 Å². The van der Waals surface area contributed by atoms with E-state index in [0.29, 0.717) is 12.1 Å². The monoisotopic (exact) mass is 359 g/mol. The molecule has 0 amide bonds. The fraction of sp³-hybridized carbons (Fsp3) is 0. The quantitative estimate of drug-likeness (QED) is 0.669. The zero-order valence-corrected chi connectivity index (χ0v) is 11.8. The van der Waals surface area contributed by atoms with Gasteiger partial charge in [0.05, 0.1) is 15.5 Å². The molecule has 2 N–H and O–H groups in total. The van der Waals surface area contributed by atoms with Crippen molar-refractivity contribution in [1.82, 2.24) is 9.55 Å². The van der Waals surface area contributed by atoms with Crippen LogP contribution in [0.15, 0.2) is 28.7 Å². The number of halogens is 5. The predicted octanol–water partition coefficient (Wildman–Crippen LogP) is 3.93. The SMILES string of the molecule is Nc1nc2cc(Br)c(F)cc2n1-c1c(F)cc(F)cc1F. The maximum absolute atomic E-state index is 13.9. The number of nitrogen functional groups attached to an aromatic ring is 1. The van der Waals surface area contributed by atoms with Crippen molar-refractivity contribution < 1.29 is 17.6 Å². The summed E-state index contributed by atoms with van der Waals surface area (Å²) in [4.78, 5) is 3.91. The van der Waals surface area contributed by atoms with E-state index in [1.54, 1.807) is 0 Å². The van der Waals surface area contributed by atoms with Gasteiger partial charge in [0.1, 0.15) is 17.3 Å². The van der Waals surface area contributed by atoms with Crippen molar-refractivity contribution in [3.8, 4) is 5.69 Å². The highest BCUT2D eigenvalue weighted by atomic mass is 79.9. The van der Waals surface area contributed by atoms with Crippen LogP contribution in [0.25, 0.3) is 16.7 Å². The van der Waals surface area contributed by atoms with Crippen LogP contribution in [0.5, 0.6) is 0 Å². The van der Waals surface area contributed by atoms with Gasteiger partial charge in [-0.15, -0.1) is 0 Å². The van der Waals surface area contributed by atoms with E-state index >= 15 is 0 Å². The number of benzene rings is 2. The summed E-state index contributed by atoms with van der Waals surface area (Å²) in [6, 6.07) is 3.39. The van der Waals surface area contributed by atoms with Gasteiger partial charge in [-0.2, -0.15) is 0 Å². The number of rotatable bonds is 1. The summed E-state index contributed by atoms with van der Waals surface area (Å²) in [5.41, 5.74) is 5.34. The third-order valence-corrected chi connectivity index (χ3v) is 3.54. The van der Waals surface area contributed by atoms with Gasteiger partial charge in [-0.3, -0.25) is 4.57 Å². The second-order valence-electron chi connectivity index (χ2n) is 4.28. The van der Waals surface area contributed by atoms with E-state index in [1.165, 1.54) is 6.07 Å². The lowest BCUT2D eigenvalue weighted by Crippen LogP contribution is -2.06. The molecule has 0 saturated carbocycles. The Morgan fingerprint density at radius 3 is 2.19 bits per heavy atom. The minimum Gasteiger partial charge on any atom is -0.369 e. The lowest BCUT2D eigenvalue weighted by molar-refractivity contribution is 0.535. The third kappa shape index (κ3) is 2.15. The summed E-state index contributed by atoms with van der Waals surface area (Å²) < 4.78 is 55.4. The smallest absolute Gasteiger partial charge is 0.206 e. The van der Waals surface area contributed by atoms with Gasteiger partial charge < -0.3 is 5.73 Å². The maximum Gasteiger partial charge on any atom is 0.206 e. The zero-order valence-electron chi connectivity index (χ0n) is 10.2. The first-order valence-corrected chi connectivity index (χ1v) is 6.45. The van der Waals surface area contributed by atoms with Crippen molar-refractivity contribution in [2.75, 3.05) is 5.73 Å². The zero-order chi connectivity index (χ0) is 15.3. The van der Waals surface area contributed by atoms with Gasteiger partial charge in [0.25, 0.3) is 0 Å². The summed E-state index contributed by atoms with van der Waals surface area (Å²) in [5.74, 6) is -4.28. The Labute approximate surface area is 124 Å². The number of fused-ring (bicyclic) bond motifs is 1. The van der Waals surface area contributed by atoms with Gasteiger partial charge in [-0.1, -0.05) is 0 Å². The maximum atomic E-state index is 13.9. The van der Waals surface area contributed by atoms with E-state index in [-0.39, 0.29) is 21.5 Å². The molecule has 21 heavy (non-hydrogen) atoms. The molecule has 0 fully saturated rings. The van der Waals surface area contributed by atoms with Crippen LogP contribution in [-0.2, 0) is 0 Å². The summed E-state index contributed by atoms with van der Waals surface area (Å²) in [6.07, 6.45) is 0. The lowest BCUT2D eigenvalue weighted by atomic mass is 10.2. The second-order valence-corrected chi connectivity index (χ2v) is 5.13. The van der Waals surface area contributed by atoms with Crippen molar-refractivity contribution >= 4 is 32.9 Å². The van der Waals surface area contributed by atoms with E-state index in [9.17, 15) is 17.6 Å². The molecule has 3 nitrogen and oxygen atoms in total. The number of hydrogen-bond acceptors (Lipinski definition) is 2. The van der Waals surface area contributed by atoms with Gasteiger partial charge in [0.15, 0.2) is 11.6 Å². The van der Waals surface area contributed by atoms with Gasteiger partial charge in [-0.25, -0.2) is 22.5 Å². The Bertz CT molecular complexity index is 852. The van der Waals surface area contributed by atoms with Crippen LogP contribution in [0.4, 0.5) is 23.5 Å². The Balaban J connectivity index is 2.41. The summed E-state index contributed by atoms with van der Waals surface area (Å²) >= 11 is 2.98. The molecule has 1 aromatic heterocycles. The van der Waals surface area contributed by atoms with Crippen LogP contribution in [0.3, 0.4) is 0 Å². The molecular weight excluding hydrogens is 354 g/mol. The standard InChI is InChI=1S/C13H6BrF4N3/c14-6-3-10-11(4-7(6)16)21(13(19)20-10)12-8(17)1-5(15)2-9(12)18/h1-4H,(H2,19,20). The molecular formula is C13H6BrF4N3. The molecule has 0 bridgehead atoms. The van der Waals surface area contributed by atoms with Crippen molar-refractivity contribution in [3.05, 3.63) is 52.0 Å². The first-order valence-electron chi connectivity index (χ1n) is 5.66. The number of anilines is 1.